The van der Waals surface area contributed by atoms with Crippen molar-refractivity contribution in [2.45, 2.75) is 39.3 Å². The van der Waals surface area contributed by atoms with E-state index in [-0.39, 0.29) is 11.8 Å². The smallest absolute Gasteiger partial charge is 0.186 e. The SMILES string of the molecule is CCCn1cc(C(=O)[C@@H](NCCc2ccc(C)cc2)c2ccccc2)c2ccccc21. The van der Waals surface area contributed by atoms with E-state index in [9.17, 15) is 4.79 Å². The van der Waals surface area contributed by atoms with E-state index in [1.165, 1.54) is 11.1 Å². The van der Waals surface area contributed by atoms with Gasteiger partial charge in [-0.25, -0.2) is 0 Å². The highest BCUT2D eigenvalue weighted by molar-refractivity contribution is 6.10. The highest BCUT2D eigenvalue weighted by atomic mass is 16.1. The average Bonchev–Trinajstić information content (AvgIpc) is 3.17. The van der Waals surface area contributed by atoms with Gasteiger partial charge in [-0.1, -0.05) is 85.3 Å². The predicted octanol–water partition coefficient (Wildman–Crippen LogP) is 6.12. The Morgan fingerprint density at radius 1 is 0.935 bits per heavy atom. The summed E-state index contributed by atoms with van der Waals surface area (Å²) < 4.78 is 2.21. The molecule has 0 amide bonds. The molecule has 0 bridgehead atoms. The molecule has 158 valence electrons. The third kappa shape index (κ3) is 4.78. The van der Waals surface area contributed by atoms with Crippen molar-refractivity contribution in [3.05, 3.63) is 107 Å². The van der Waals surface area contributed by atoms with Gasteiger partial charge in [0.2, 0.25) is 0 Å². The predicted molar refractivity (Wildman–Crippen MR) is 129 cm³/mol. The van der Waals surface area contributed by atoms with Gasteiger partial charge in [0, 0.05) is 35.8 Å². The molecule has 0 saturated heterocycles. The molecule has 3 nitrogen and oxygen atoms in total. The molecule has 0 aliphatic rings. The van der Waals surface area contributed by atoms with Gasteiger partial charge in [0.25, 0.3) is 0 Å². The van der Waals surface area contributed by atoms with Gasteiger partial charge in [0.05, 0.1) is 6.04 Å². The number of aromatic nitrogens is 1. The number of benzene rings is 3. The first-order valence-corrected chi connectivity index (χ1v) is 11.1. The zero-order valence-corrected chi connectivity index (χ0v) is 18.3. The lowest BCUT2D eigenvalue weighted by Crippen LogP contribution is -2.30. The fraction of sp³-hybridized carbons (Fsp3) is 0.250. The van der Waals surface area contributed by atoms with Crippen LogP contribution in [0.3, 0.4) is 0 Å². The second-order valence-electron chi connectivity index (χ2n) is 8.15. The quantitative estimate of drug-likeness (QED) is 0.338. The minimum absolute atomic E-state index is 0.126. The van der Waals surface area contributed by atoms with Crippen LogP contribution < -0.4 is 5.32 Å². The Morgan fingerprint density at radius 3 is 2.39 bits per heavy atom. The molecule has 0 radical (unpaired) electrons. The summed E-state index contributed by atoms with van der Waals surface area (Å²) >= 11 is 0. The van der Waals surface area contributed by atoms with Crippen molar-refractivity contribution in [3.63, 3.8) is 0 Å². The molecular formula is C28H30N2O. The van der Waals surface area contributed by atoms with E-state index in [2.05, 4.69) is 60.1 Å². The summed E-state index contributed by atoms with van der Waals surface area (Å²) in [5.74, 6) is 0.126. The number of carbonyl (C=O) groups is 1. The third-order valence-electron chi connectivity index (χ3n) is 5.80. The molecule has 0 aliphatic heterocycles. The molecule has 1 heterocycles. The number of hydrogen-bond acceptors (Lipinski definition) is 2. The summed E-state index contributed by atoms with van der Waals surface area (Å²) in [5.41, 5.74) is 5.46. The first-order valence-electron chi connectivity index (χ1n) is 11.1. The summed E-state index contributed by atoms with van der Waals surface area (Å²) in [5, 5.41) is 4.57. The van der Waals surface area contributed by atoms with E-state index >= 15 is 0 Å². The van der Waals surface area contributed by atoms with Gasteiger partial charge in [0.15, 0.2) is 5.78 Å². The lowest BCUT2D eigenvalue weighted by atomic mass is 9.96. The lowest BCUT2D eigenvalue weighted by Gasteiger charge is -2.18. The number of aryl methyl sites for hydroxylation is 2. The average molecular weight is 411 g/mol. The topological polar surface area (TPSA) is 34.0 Å². The fourth-order valence-electron chi connectivity index (χ4n) is 4.15. The van der Waals surface area contributed by atoms with Crippen LogP contribution in [0, 0.1) is 6.92 Å². The Bertz CT molecular complexity index is 1140. The number of rotatable bonds is 9. The summed E-state index contributed by atoms with van der Waals surface area (Å²) in [6.07, 6.45) is 3.95. The highest BCUT2D eigenvalue weighted by Gasteiger charge is 2.24. The van der Waals surface area contributed by atoms with Crippen LogP contribution in [-0.4, -0.2) is 16.9 Å². The Labute approximate surface area is 184 Å². The molecule has 31 heavy (non-hydrogen) atoms. The molecule has 4 aromatic rings. The van der Waals surface area contributed by atoms with Gasteiger partial charge >= 0.3 is 0 Å². The van der Waals surface area contributed by atoms with Crippen LogP contribution in [0.4, 0.5) is 0 Å². The van der Waals surface area contributed by atoms with Gasteiger partial charge in [0.1, 0.15) is 0 Å². The maximum absolute atomic E-state index is 13.8. The Morgan fingerprint density at radius 2 is 1.65 bits per heavy atom. The second kappa shape index (κ2) is 9.76. The van der Waals surface area contributed by atoms with E-state index in [1.807, 2.05) is 48.7 Å². The molecule has 1 N–H and O–H groups in total. The number of nitrogens with one attached hydrogen (secondary N) is 1. The molecule has 3 aromatic carbocycles. The standard InChI is InChI=1S/C28H30N2O/c1-3-19-30-20-25(24-11-7-8-12-26(24)30)28(31)27(23-9-5-4-6-10-23)29-18-17-22-15-13-21(2)14-16-22/h4-16,20,27,29H,3,17-19H2,1-2H3/t27-/m0/s1. The highest BCUT2D eigenvalue weighted by Crippen LogP contribution is 2.27. The van der Waals surface area contributed by atoms with Crippen molar-refractivity contribution in [1.82, 2.24) is 9.88 Å². The molecule has 4 rings (SSSR count). The van der Waals surface area contributed by atoms with Gasteiger partial charge in [-0.15, -0.1) is 0 Å². The molecule has 0 fully saturated rings. The molecule has 0 saturated carbocycles. The number of ketones is 1. The van der Waals surface area contributed by atoms with Crippen LogP contribution in [0.2, 0.25) is 0 Å². The number of carbonyl (C=O) groups excluding carboxylic acids is 1. The van der Waals surface area contributed by atoms with Crippen LogP contribution >= 0.6 is 0 Å². The van der Waals surface area contributed by atoms with E-state index in [4.69, 9.17) is 0 Å². The molecule has 0 unspecified atom stereocenters. The Kier molecular flexibility index (Phi) is 6.63. The van der Waals surface area contributed by atoms with Crippen molar-refractivity contribution in [3.8, 4) is 0 Å². The summed E-state index contributed by atoms with van der Waals surface area (Å²) in [6, 6.07) is 26.5. The maximum atomic E-state index is 13.8. The van der Waals surface area contributed by atoms with E-state index in [1.54, 1.807) is 0 Å². The minimum Gasteiger partial charge on any atom is -0.347 e. The minimum atomic E-state index is -0.368. The lowest BCUT2D eigenvalue weighted by molar-refractivity contribution is 0.0944. The van der Waals surface area contributed by atoms with Gasteiger partial charge in [-0.05, 0) is 37.0 Å². The summed E-state index contributed by atoms with van der Waals surface area (Å²) in [6.45, 7) is 5.91. The Hall–Kier alpha value is -3.17. The number of para-hydroxylation sites is 1. The molecule has 1 aromatic heterocycles. The van der Waals surface area contributed by atoms with Gasteiger partial charge in [-0.3, -0.25) is 4.79 Å². The molecule has 1 atom stereocenters. The maximum Gasteiger partial charge on any atom is 0.186 e. The van der Waals surface area contributed by atoms with Crippen molar-refractivity contribution < 1.29 is 4.79 Å². The zero-order chi connectivity index (χ0) is 21.6. The molecule has 0 aliphatic carbocycles. The first-order chi connectivity index (χ1) is 15.2. The van der Waals surface area contributed by atoms with Crippen LogP contribution in [0.25, 0.3) is 10.9 Å². The van der Waals surface area contributed by atoms with Gasteiger partial charge < -0.3 is 9.88 Å². The van der Waals surface area contributed by atoms with Crippen molar-refractivity contribution >= 4 is 16.7 Å². The van der Waals surface area contributed by atoms with E-state index in [0.29, 0.717) is 0 Å². The van der Waals surface area contributed by atoms with Crippen LogP contribution in [0.1, 0.15) is 46.4 Å². The van der Waals surface area contributed by atoms with Crippen molar-refractivity contribution in [2.75, 3.05) is 6.54 Å². The third-order valence-corrected chi connectivity index (χ3v) is 5.80. The largest absolute Gasteiger partial charge is 0.347 e. The van der Waals surface area contributed by atoms with Crippen molar-refractivity contribution in [2.24, 2.45) is 0 Å². The number of nitrogens with zero attached hydrogens (tertiary/aromatic N) is 1. The van der Waals surface area contributed by atoms with Crippen molar-refractivity contribution in [1.29, 1.82) is 0 Å². The second-order valence-corrected chi connectivity index (χ2v) is 8.15. The van der Waals surface area contributed by atoms with Crippen LogP contribution in [0.15, 0.2) is 85.1 Å². The normalized spacial score (nSPS) is 12.2. The first kappa shape index (κ1) is 21.1. The van der Waals surface area contributed by atoms with E-state index in [0.717, 1.165) is 48.0 Å². The number of fused-ring (bicyclic) bond motifs is 1. The summed E-state index contributed by atoms with van der Waals surface area (Å²) in [7, 11) is 0. The fourth-order valence-corrected chi connectivity index (χ4v) is 4.15. The Balaban J connectivity index is 1.62. The number of Topliss-reactive ketones (excluding diaryl/α,β-unsaturated/α-hetero) is 1. The van der Waals surface area contributed by atoms with E-state index < -0.39 is 0 Å². The molecule has 0 spiro atoms. The molecule has 3 heteroatoms. The van der Waals surface area contributed by atoms with Crippen LogP contribution in [0.5, 0.6) is 0 Å². The monoisotopic (exact) mass is 410 g/mol. The van der Waals surface area contributed by atoms with Gasteiger partial charge in [-0.2, -0.15) is 0 Å². The number of hydrogen-bond donors (Lipinski definition) is 1. The summed E-state index contributed by atoms with van der Waals surface area (Å²) in [4.78, 5) is 13.8. The molecular weight excluding hydrogens is 380 g/mol. The van der Waals surface area contributed by atoms with Crippen LogP contribution in [-0.2, 0) is 13.0 Å². The zero-order valence-electron chi connectivity index (χ0n) is 18.3.